The first-order chi connectivity index (χ1) is 13.1. The minimum atomic E-state index is 0.0316. The highest BCUT2D eigenvalue weighted by atomic mass is 32.1. The van der Waals surface area contributed by atoms with E-state index in [2.05, 4.69) is 23.7 Å². The first kappa shape index (κ1) is 18.7. The van der Waals surface area contributed by atoms with Gasteiger partial charge in [0.2, 0.25) is 5.91 Å². The summed E-state index contributed by atoms with van der Waals surface area (Å²) in [6.07, 6.45) is 11.1. The molecule has 0 radical (unpaired) electrons. The third kappa shape index (κ3) is 3.56. The van der Waals surface area contributed by atoms with Crippen LogP contribution in [0.5, 0.6) is 0 Å². The van der Waals surface area contributed by atoms with Crippen molar-refractivity contribution in [2.24, 2.45) is 0 Å². The SMILES string of the molecule is CC(C)N(C(=O)CCn1cnc2sc3c(c2c1=O)CCCC3)C1CCCC1. The molecule has 0 atom stereocenters. The zero-order valence-corrected chi connectivity index (χ0v) is 17.2. The van der Waals surface area contributed by atoms with Gasteiger partial charge in [-0.3, -0.25) is 14.2 Å². The number of carbonyl (C=O) groups excluding carboxylic acids is 1. The molecule has 2 heterocycles. The minimum Gasteiger partial charge on any atom is -0.337 e. The number of amides is 1. The number of aromatic nitrogens is 2. The molecule has 1 amide bonds. The van der Waals surface area contributed by atoms with Crippen molar-refractivity contribution >= 4 is 27.5 Å². The lowest BCUT2D eigenvalue weighted by atomic mass is 9.97. The van der Waals surface area contributed by atoms with E-state index < -0.39 is 0 Å². The number of thiophene rings is 1. The Balaban J connectivity index is 1.54. The summed E-state index contributed by atoms with van der Waals surface area (Å²) in [5.74, 6) is 0.163. The summed E-state index contributed by atoms with van der Waals surface area (Å²) in [5, 5.41) is 0.807. The maximum absolute atomic E-state index is 13.0. The summed E-state index contributed by atoms with van der Waals surface area (Å²) in [6.45, 7) is 4.60. The summed E-state index contributed by atoms with van der Waals surface area (Å²) in [5.41, 5.74) is 1.25. The molecule has 27 heavy (non-hydrogen) atoms. The van der Waals surface area contributed by atoms with E-state index in [4.69, 9.17) is 0 Å². The first-order valence-electron chi connectivity index (χ1n) is 10.4. The largest absolute Gasteiger partial charge is 0.337 e. The fraction of sp³-hybridized carbons (Fsp3) is 0.667. The molecule has 2 aliphatic carbocycles. The maximum Gasteiger partial charge on any atom is 0.262 e. The molecule has 0 bridgehead atoms. The van der Waals surface area contributed by atoms with E-state index in [1.165, 1.54) is 29.7 Å². The van der Waals surface area contributed by atoms with Crippen molar-refractivity contribution in [3.8, 4) is 0 Å². The van der Waals surface area contributed by atoms with Crippen molar-refractivity contribution in [3.63, 3.8) is 0 Å². The number of hydrogen-bond donors (Lipinski definition) is 0. The van der Waals surface area contributed by atoms with Gasteiger partial charge in [-0.15, -0.1) is 11.3 Å². The van der Waals surface area contributed by atoms with E-state index in [1.54, 1.807) is 22.2 Å². The van der Waals surface area contributed by atoms with Crippen LogP contribution >= 0.6 is 11.3 Å². The van der Waals surface area contributed by atoms with Gasteiger partial charge in [0.1, 0.15) is 4.83 Å². The van der Waals surface area contributed by atoms with Crippen LogP contribution in [0.15, 0.2) is 11.1 Å². The predicted octanol–water partition coefficient (Wildman–Crippen LogP) is 3.91. The monoisotopic (exact) mass is 387 g/mol. The molecule has 0 unspecified atom stereocenters. The molecule has 146 valence electrons. The van der Waals surface area contributed by atoms with Crippen LogP contribution in [-0.2, 0) is 24.2 Å². The van der Waals surface area contributed by atoms with Crippen molar-refractivity contribution in [2.75, 3.05) is 0 Å². The van der Waals surface area contributed by atoms with E-state index in [0.717, 1.165) is 42.3 Å². The second kappa shape index (κ2) is 7.74. The molecule has 0 saturated heterocycles. The van der Waals surface area contributed by atoms with Crippen LogP contribution in [0.25, 0.3) is 10.2 Å². The Morgan fingerprint density at radius 3 is 2.74 bits per heavy atom. The second-order valence-corrected chi connectivity index (χ2v) is 9.30. The summed E-state index contributed by atoms with van der Waals surface area (Å²) < 4.78 is 1.65. The van der Waals surface area contributed by atoms with Gasteiger partial charge in [-0.25, -0.2) is 4.98 Å². The van der Waals surface area contributed by atoms with Crippen molar-refractivity contribution in [1.82, 2.24) is 14.5 Å². The molecule has 1 saturated carbocycles. The summed E-state index contributed by atoms with van der Waals surface area (Å²) >= 11 is 1.67. The van der Waals surface area contributed by atoms with Gasteiger partial charge < -0.3 is 4.90 Å². The van der Waals surface area contributed by atoms with Gasteiger partial charge in [0.25, 0.3) is 5.56 Å². The van der Waals surface area contributed by atoms with Crippen molar-refractivity contribution in [3.05, 3.63) is 27.1 Å². The summed E-state index contributed by atoms with van der Waals surface area (Å²) in [4.78, 5) is 34.7. The fourth-order valence-corrected chi connectivity index (χ4v) is 6.00. The van der Waals surface area contributed by atoms with E-state index in [1.807, 2.05) is 0 Å². The second-order valence-electron chi connectivity index (χ2n) is 8.22. The van der Waals surface area contributed by atoms with Gasteiger partial charge >= 0.3 is 0 Å². The van der Waals surface area contributed by atoms with Crippen molar-refractivity contribution < 1.29 is 4.79 Å². The lowest BCUT2D eigenvalue weighted by molar-refractivity contribution is -0.135. The number of hydrogen-bond acceptors (Lipinski definition) is 4. The molecule has 1 fully saturated rings. The number of aryl methyl sites for hydroxylation is 3. The maximum atomic E-state index is 13.0. The van der Waals surface area contributed by atoms with Crippen LogP contribution in [0, 0.1) is 0 Å². The normalized spacial score (nSPS) is 17.6. The lowest BCUT2D eigenvalue weighted by Crippen LogP contribution is -2.44. The lowest BCUT2D eigenvalue weighted by Gasteiger charge is -2.33. The fourth-order valence-electron chi connectivity index (χ4n) is 4.78. The smallest absolute Gasteiger partial charge is 0.262 e. The molecule has 2 aliphatic rings. The molecule has 2 aromatic heterocycles. The van der Waals surface area contributed by atoms with E-state index in [9.17, 15) is 9.59 Å². The van der Waals surface area contributed by atoms with Crippen LogP contribution in [0.3, 0.4) is 0 Å². The number of fused-ring (bicyclic) bond motifs is 3. The molecule has 5 nitrogen and oxygen atoms in total. The molecule has 0 aliphatic heterocycles. The standard InChI is InChI=1S/C21H29N3O2S/c1-14(2)24(15-7-3-4-8-15)18(25)11-12-23-13-22-20-19(21(23)26)16-9-5-6-10-17(16)27-20/h13-15H,3-12H2,1-2H3. The van der Waals surface area contributed by atoms with Crippen molar-refractivity contribution in [2.45, 2.75) is 90.3 Å². The van der Waals surface area contributed by atoms with Crippen LogP contribution < -0.4 is 5.56 Å². The third-order valence-electron chi connectivity index (χ3n) is 6.07. The van der Waals surface area contributed by atoms with Gasteiger partial charge in [-0.1, -0.05) is 12.8 Å². The first-order valence-corrected chi connectivity index (χ1v) is 11.2. The van der Waals surface area contributed by atoms with Crippen LogP contribution in [0.1, 0.15) is 69.2 Å². The topological polar surface area (TPSA) is 55.2 Å². The summed E-state index contributed by atoms with van der Waals surface area (Å²) in [7, 11) is 0. The highest BCUT2D eigenvalue weighted by Gasteiger charge is 2.28. The molecule has 2 aromatic rings. The van der Waals surface area contributed by atoms with Gasteiger partial charge in [0.15, 0.2) is 0 Å². The van der Waals surface area contributed by atoms with E-state index >= 15 is 0 Å². The van der Waals surface area contributed by atoms with E-state index in [0.29, 0.717) is 19.0 Å². The average Bonchev–Trinajstić information content (AvgIpc) is 3.28. The number of carbonyl (C=O) groups is 1. The zero-order valence-electron chi connectivity index (χ0n) is 16.4. The zero-order chi connectivity index (χ0) is 19.0. The third-order valence-corrected chi connectivity index (χ3v) is 7.27. The van der Waals surface area contributed by atoms with Crippen LogP contribution in [-0.4, -0.2) is 32.4 Å². The molecular weight excluding hydrogens is 358 g/mol. The van der Waals surface area contributed by atoms with Crippen LogP contribution in [0.4, 0.5) is 0 Å². The quantitative estimate of drug-likeness (QED) is 0.782. The van der Waals surface area contributed by atoms with E-state index in [-0.39, 0.29) is 17.5 Å². The van der Waals surface area contributed by atoms with Gasteiger partial charge in [-0.05, 0) is 57.9 Å². The highest BCUT2D eigenvalue weighted by molar-refractivity contribution is 7.18. The molecule has 6 heteroatoms. The van der Waals surface area contributed by atoms with Gasteiger partial charge in [-0.2, -0.15) is 0 Å². The Labute approximate surface area is 164 Å². The molecular formula is C21H29N3O2S. The Morgan fingerprint density at radius 2 is 2.00 bits per heavy atom. The number of nitrogens with zero attached hydrogens (tertiary/aromatic N) is 3. The van der Waals surface area contributed by atoms with Crippen molar-refractivity contribution in [1.29, 1.82) is 0 Å². The predicted molar refractivity (Wildman–Crippen MR) is 109 cm³/mol. The molecule has 0 aromatic carbocycles. The average molecular weight is 388 g/mol. The van der Waals surface area contributed by atoms with Crippen LogP contribution in [0.2, 0.25) is 0 Å². The number of rotatable bonds is 5. The van der Waals surface area contributed by atoms with Gasteiger partial charge in [0.05, 0.1) is 11.7 Å². The molecule has 0 N–H and O–H groups in total. The highest BCUT2D eigenvalue weighted by Crippen LogP contribution is 2.33. The Morgan fingerprint density at radius 1 is 1.26 bits per heavy atom. The molecule has 4 rings (SSSR count). The molecule has 0 spiro atoms. The minimum absolute atomic E-state index is 0.0316. The Hall–Kier alpha value is -1.69. The Kier molecular flexibility index (Phi) is 5.35. The van der Waals surface area contributed by atoms with Gasteiger partial charge in [0, 0.05) is 29.9 Å². The Bertz CT molecular complexity index is 893. The summed E-state index contributed by atoms with van der Waals surface area (Å²) in [6, 6.07) is 0.584.